The topological polar surface area (TPSA) is 108 Å². The Balaban J connectivity index is 3.06. The SMILES string of the molecule is COC(=O)CCS(=O)(=O)Nc1c(OC)cccc1C(N)=S. The van der Waals surface area contributed by atoms with E-state index < -0.39 is 21.7 Å². The molecule has 9 heteroatoms. The van der Waals surface area contributed by atoms with Crippen LogP contribution in [0.5, 0.6) is 5.75 Å². The Hall–Kier alpha value is -1.87. The Morgan fingerprint density at radius 1 is 1.38 bits per heavy atom. The summed E-state index contributed by atoms with van der Waals surface area (Å²) in [5.41, 5.74) is 6.06. The van der Waals surface area contributed by atoms with E-state index in [2.05, 4.69) is 9.46 Å². The van der Waals surface area contributed by atoms with Gasteiger partial charge in [0.1, 0.15) is 16.4 Å². The standard InChI is InChI=1S/C12H16N2O5S2/c1-18-9-5-3-4-8(12(13)20)11(9)14-21(16,17)7-6-10(15)19-2/h3-5,14H,6-7H2,1-2H3,(H2,13,20). The number of hydrogen-bond acceptors (Lipinski definition) is 6. The summed E-state index contributed by atoms with van der Waals surface area (Å²) < 4.78 is 35.8. The van der Waals surface area contributed by atoms with E-state index in [1.54, 1.807) is 18.2 Å². The quantitative estimate of drug-likeness (QED) is 0.557. The molecule has 0 aromatic heterocycles. The zero-order valence-electron chi connectivity index (χ0n) is 11.6. The first-order chi connectivity index (χ1) is 9.80. The molecule has 1 aromatic rings. The molecule has 0 bridgehead atoms. The van der Waals surface area contributed by atoms with Gasteiger partial charge in [-0.05, 0) is 12.1 Å². The minimum atomic E-state index is -3.77. The fraction of sp³-hybridized carbons (Fsp3) is 0.333. The predicted molar refractivity (Wildman–Crippen MR) is 82.9 cm³/mol. The van der Waals surface area contributed by atoms with Gasteiger partial charge in [0.25, 0.3) is 0 Å². The number of ether oxygens (including phenoxy) is 2. The lowest BCUT2D eigenvalue weighted by Gasteiger charge is -2.15. The summed E-state index contributed by atoms with van der Waals surface area (Å²) in [7, 11) is -1.19. The van der Waals surface area contributed by atoms with Gasteiger partial charge >= 0.3 is 5.97 Å². The molecule has 0 amide bonds. The van der Waals surface area contributed by atoms with Crippen LogP contribution in [0.1, 0.15) is 12.0 Å². The Kier molecular flexibility index (Phi) is 5.91. The molecule has 0 saturated carbocycles. The number of nitrogens with two attached hydrogens (primary N) is 1. The number of thiocarbonyl (C=S) groups is 1. The van der Waals surface area contributed by atoms with Crippen LogP contribution in [0.4, 0.5) is 5.69 Å². The zero-order valence-corrected chi connectivity index (χ0v) is 13.2. The highest BCUT2D eigenvalue weighted by Gasteiger charge is 2.19. The van der Waals surface area contributed by atoms with Crippen molar-refractivity contribution in [1.82, 2.24) is 0 Å². The molecule has 1 aromatic carbocycles. The summed E-state index contributed by atoms with van der Waals surface area (Å²) in [5.74, 6) is -0.758. The average Bonchev–Trinajstić information content (AvgIpc) is 2.44. The predicted octanol–water partition coefficient (Wildman–Crippen LogP) is 0.634. The van der Waals surface area contributed by atoms with Gasteiger partial charge in [-0.25, -0.2) is 8.42 Å². The summed E-state index contributed by atoms with van der Waals surface area (Å²) in [6.45, 7) is 0. The molecular formula is C12H16N2O5S2. The summed E-state index contributed by atoms with van der Waals surface area (Å²) in [4.78, 5) is 11.1. The lowest BCUT2D eigenvalue weighted by atomic mass is 10.1. The van der Waals surface area contributed by atoms with Gasteiger partial charge in [-0.1, -0.05) is 18.3 Å². The lowest BCUT2D eigenvalue weighted by molar-refractivity contribution is -0.140. The fourth-order valence-corrected chi connectivity index (χ4v) is 2.77. The molecule has 0 radical (unpaired) electrons. The normalized spacial score (nSPS) is 10.8. The molecule has 0 fully saturated rings. The van der Waals surface area contributed by atoms with Gasteiger partial charge in [0.2, 0.25) is 10.0 Å². The number of sulfonamides is 1. The minimum Gasteiger partial charge on any atom is -0.495 e. The maximum absolute atomic E-state index is 12.0. The monoisotopic (exact) mass is 332 g/mol. The molecule has 0 aliphatic heterocycles. The molecule has 21 heavy (non-hydrogen) atoms. The summed E-state index contributed by atoms with van der Waals surface area (Å²) in [6.07, 6.45) is -0.261. The van der Waals surface area contributed by atoms with Crippen LogP contribution in [-0.2, 0) is 19.6 Å². The van der Waals surface area contributed by atoms with Crippen LogP contribution in [0, 0.1) is 0 Å². The van der Waals surface area contributed by atoms with Crippen molar-refractivity contribution >= 4 is 38.9 Å². The van der Waals surface area contributed by atoms with Gasteiger partial charge in [0.15, 0.2) is 0 Å². The molecule has 3 N–H and O–H groups in total. The Labute approximate surface area is 128 Å². The number of nitrogens with one attached hydrogen (secondary N) is 1. The van der Waals surface area contributed by atoms with Crippen molar-refractivity contribution in [3.8, 4) is 5.75 Å². The van der Waals surface area contributed by atoms with Crippen LogP contribution >= 0.6 is 12.2 Å². The van der Waals surface area contributed by atoms with E-state index >= 15 is 0 Å². The van der Waals surface area contributed by atoms with Gasteiger partial charge < -0.3 is 15.2 Å². The number of carbonyl (C=O) groups is 1. The van der Waals surface area contributed by atoms with Gasteiger partial charge in [-0.2, -0.15) is 0 Å². The second-order valence-corrected chi connectivity index (χ2v) is 6.28. The highest BCUT2D eigenvalue weighted by Crippen LogP contribution is 2.29. The number of methoxy groups -OCH3 is 2. The van der Waals surface area contributed by atoms with E-state index in [9.17, 15) is 13.2 Å². The molecule has 0 unspecified atom stereocenters. The molecule has 7 nitrogen and oxygen atoms in total. The Bertz CT molecular complexity index is 643. The van der Waals surface area contributed by atoms with Crippen molar-refractivity contribution in [2.45, 2.75) is 6.42 Å². The number of rotatable bonds is 7. The number of para-hydroxylation sites is 1. The van der Waals surface area contributed by atoms with Gasteiger partial charge in [-0.15, -0.1) is 0 Å². The second kappa shape index (κ2) is 7.23. The van der Waals surface area contributed by atoms with Crippen molar-refractivity contribution in [2.24, 2.45) is 5.73 Å². The second-order valence-electron chi connectivity index (χ2n) is 3.99. The van der Waals surface area contributed by atoms with E-state index in [4.69, 9.17) is 22.7 Å². The van der Waals surface area contributed by atoms with E-state index in [0.29, 0.717) is 5.56 Å². The first-order valence-electron chi connectivity index (χ1n) is 5.85. The number of anilines is 1. The molecule has 1 rings (SSSR count). The highest BCUT2D eigenvalue weighted by atomic mass is 32.2. The van der Waals surface area contributed by atoms with E-state index in [-0.39, 0.29) is 22.8 Å². The molecule has 0 saturated heterocycles. The third-order valence-corrected chi connectivity index (χ3v) is 4.05. The van der Waals surface area contributed by atoms with Crippen LogP contribution in [0.15, 0.2) is 18.2 Å². The molecule has 0 heterocycles. The van der Waals surface area contributed by atoms with Gasteiger partial charge in [0.05, 0.1) is 26.4 Å². The molecular weight excluding hydrogens is 316 g/mol. The minimum absolute atomic E-state index is 0.0274. The molecule has 0 aliphatic carbocycles. The van der Waals surface area contributed by atoms with Crippen LogP contribution in [0.25, 0.3) is 0 Å². The van der Waals surface area contributed by atoms with Crippen molar-refractivity contribution in [1.29, 1.82) is 0 Å². The number of hydrogen-bond donors (Lipinski definition) is 2. The maximum Gasteiger partial charge on any atom is 0.306 e. The zero-order chi connectivity index (χ0) is 16.0. The van der Waals surface area contributed by atoms with Crippen molar-refractivity contribution in [3.05, 3.63) is 23.8 Å². The van der Waals surface area contributed by atoms with Gasteiger partial charge in [0, 0.05) is 5.56 Å². The Morgan fingerprint density at radius 2 is 2.05 bits per heavy atom. The molecule has 0 aliphatic rings. The van der Waals surface area contributed by atoms with Crippen LogP contribution < -0.4 is 15.2 Å². The Morgan fingerprint density at radius 3 is 2.57 bits per heavy atom. The number of benzene rings is 1. The first-order valence-corrected chi connectivity index (χ1v) is 7.91. The number of esters is 1. The molecule has 0 spiro atoms. The third-order valence-electron chi connectivity index (χ3n) is 2.57. The summed E-state index contributed by atoms with van der Waals surface area (Å²) in [6, 6.07) is 4.78. The van der Waals surface area contributed by atoms with Crippen molar-refractivity contribution in [2.75, 3.05) is 24.7 Å². The van der Waals surface area contributed by atoms with Crippen LogP contribution in [-0.4, -0.2) is 39.3 Å². The smallest absolute Gasteiger partial charge is 0.306 e. The first kappa shape index (κ1) is 17.2. The van der Waals surface area contributed by atoms with Crippen molar-refractivity contribution in [3.63, 3.8) is 0 Å². The fourth-order valence-electron chi connectivity index (χ4n) is 1.54. The third kappa shape index (κ3) is 4.87. The maximum atomic E-state index is 12.0. The average molecular weight is 332 g/mol. The molecule has 0 atom stereocenters. The number of carbonyl (C=O) groups excluding carboxylic acids is 1. The highest BCUT2D eigenvalue weighted by molar-refractivity contribution is 7.92. The van der Waals surface area contributed by atoms with E-state index in [0.717, 1.165) is 0 Å². The van der Waals surface area contributed by atoms with E-state index in [1.807, 2.05) is 0 Å². The van der Waals surface area contributed by atoms with Crippen LogP contribution in [0.2, 0.25) is 0 Å². The largest absolute Gasteiger partial charge is 0.495 e. The van der Waals surface area contributed by atoms with Gasteiger partial charge in [-0.3, -0.25) is 9.52 Å². The van der Waals surface area contributed by atoms with Crippen LogP contribution in [0.3, 0.4) is 0 Å². The van der Waals surface area contributed by atoms with E-state index in [1.165, 1.54) is 14.2 Å². The summed E-state index contributed by atoms with van der Waals surface area (Å²) in [5, 5.41) is 0. The lowest BCUT2D eigenvalue weighted by Crippen LogP contribution is -2.22. The van der Waals surface area contributed by atoms with Crippen molar-refractivity contribution < 1.29 is 22.7 Å². The molecule has 116 valence electrons. The summed E-state index contributed by atoms with van der Waals surface area (Å²) >= 11 is 4.88.